The van der Waals surface area contributed by atoms with Crippen LogP contribution in [-0.4, -0.2) is 16.1 Å². The second kappa shape index (κ2) is 8.56. The quantitative estimate of drug-likeness (QED) is 0.545. The summed E-state index contributed by atoms with van der Waals surface area (Å²) in [5.41, 5.74) is 3.22. The highest BCUT2D eigenvalue weighted by atomic mass is 79.9. The fourth-order valence-electron chi connectivity index (χ4n) is 2.33. The average molecular weight is 431 g/mol. The zero-order valence-corrected chi connectivity index (χ0v) is 16.9. The van der Waals surface area contributed by atoms with Crippen LogP contribution in [0.4, 0.5) is 0 Å². The molecule has 0 aliphatic heterocycles. The molecule has 3 rings (SSSR count). The fraction of sp³-hybridized carbons (Fsp3) is 0.200. The molecule has 26 heavy (non-hydrogen) atoms. The van der Waals surface area contributed by atoms with Gasteiger partial charge in [0.05, 0.1) is 11.4 Å². The molecule has 0 saturated carbocycles. The standard InChI is InChI=1S/C20H19BrN2O2S/c1-13-6-8-15(9-7-13)11-22-19(24)14(2)26-20-23-12-18(25-20)16-4-3-5-17(21)10-16/h3-10,12,14H,11H2,1-2H3,(H,22,24). The van der Waals surface area contributed by atoms with E-state index in [4.69, 9.17) is 4.42 Å². The van der Waals surface area contributed by atoms with Gasteiger partial charge in [0.1, 0.15) is 0 Å². The van der Waals surface area contributed by atoms with Crippen molar-refractivity contribution < 1.29 is 9.21 Å². The number of hydrogen-bond acceptors (Lipinski definition) is 4. The number of carbonyl (C=O) groups excluding carboxylic acids is 1. The molecule has 134 valence electrons. The van der Waals surface area contributed by atoms with Crippen LogP contribution in [0.25, 0.3) is 11.3 Å². The van der Waals surface area contributed by atoms with Crippen LogP contribution < -0.4 is 5.32 Å². The van der Waals surface area contributed by atoms with Crippen LogP contribution in [0.2, 0.25) is 0 Å². The Morgan fingerprint density at radius 2 is 2.04 bits per heavy atom. The van der Waals surface area contributed by atoms with Crippen LogP contribution in [0.1, 0.15) is 18.1 Å². The Hall–Kier alpha value is -2.05. The largest absolute Gasteiger partial charge is 0.431 e. The van der Waals surface area contributed by atoms with Gasteiger partial charge in [0.25, 0.3) is 5.22 Å². The van der Waals surface area contributed by atoms with Crippen LogP contribution in [0.15, 0.2) is 68.8 Å². The summed E-state index contributed by atoms with van der Waals surface area (Å²) in [5.74, 6) is 0.638. The summed E-state index contributed by atoms with van der Waals surface area (Å²) in [4.78, 5) is 16.6. The van der Waals surface area contributed by atoms with Crippen molar-refractivity contribution in [1.82, 2.24) is 10.3 Å². The molecule has 0 saturated heterocycles. The minimum Gasteiger partial charge on any atom is -0.431 e. The first-order valence-electron chi connectivity index (χ1n) is 8.23. The highest BCUT2D eigenvalue weighted by Crippen LogP contribution is 2.29. The zero-order valence-electron chi connectivity index (χ0n) is 14.5. The van der Waals surface area contributed by atoms with Gasteiger partial charge in [-0.05, 0) is 31.5 Å². The Bertz CT molecular complexity index is 893. The summed E-state index contributed by atoms with van der Waals surface area (Å²) in [7, 11) is 0. The Morgan fingerprint density at radius 1 is 1.27 bits per heavy atom. The number of oxazole rings is 1. The number of amides is 1. The normalized spacial score (nSPS) is 12.0. The Kier molecular flexibility index (Phi) is 6.16. The van der Waals surface area contributed by atoms with Gasteiger partial charge in [-0.1, -0.05) is 69.7 Å². The van der Waals surface area contributed by atoms with Crippen molar-refractivity contribution in [2.75, 3.05) is 0 Å². The number of rotatable bonds is 6. The van der Waals surface area contributed by atoms with Gasteiger partial charge >= 0.3 is 0 Å². The molecule has 6 heteroatoms. The SMILES string of the molecule is Cc1ccc(CNC(=O)C(C)Sc2ncc(-c3cccc(Br)c3)o2)cc1. The molecule has 1 heterocycles. The molecule has 0 fully saturated rings. The third-order valence-corrected chi connectivity index (χ3v) is 5.28. The lowest BCUT2D eigenvalue weighted by atomic mass is 10.1. The predicted octanol–water partition coefficient (Wildman–Crippen LogP) is 5.21. The highest BCUT2D eigenvalue weighted by Gasteiger charge is 2.17. The summed E-state index contributed by atoms with van der Waals surface area (Å²) < 4.78 is 6.75. The number of aryl methyl sites for hydroxylation is 1. The van der Waals surface area contributed by atoms with Crippen molar-refractivity contribution in [2.45, 2.75) is 30.9 Å². The van der Waals surface area contributed by atoms with E-state index >= 15 is 0 Å². The maximum absolute atomic E-state index is 12.3. The van der Waals surface area contributed by atoms with Crippen molar-refractivity contribution in [3.8, 4) is 11.3 Å². The molecule has 1 unspecified atom stereocenters. The summed E-state index contributed by atoms with van der Waals surface area (Å²) in [6.45, 7) is 4.40. The van der Waals surface area contributed by atoms with Gasteiger partial charge < -0.3 is 9.73 Å². The molecular formula is C20H19BrN2O2S. The van der Waals surface area contributed by atoms with Gasteiger partial charge in [-0.3, -0.25) is 4.79 Å². The third kappa shape index (κ3) is 4.99. The molecule has 1 aromatic heterocycles. The molecular weight excluding hydrogens is 412 g/mol. The molecule has 3 aromatic rings. The number of halogens is 1. The molecule has 4 nitrogen and oxygen atoms in total. The van der Waals surface area contributed by atoms with E-state index in [1.54, 1.807) is 6.20 Å². The molecule has 0 aliphatic rings. The van der Waals surface area contributed by atoms with Crippen molar-refractivity contribution in [3.05, 3.63) is 70.3 Å². The molecule has 0 bridgehead atoms. The molecule has 0 aliphatic carbocycles. The van der Waals surface area contributed by atoms with E-state index in [0.29, 0.717) is 17.5 Å². The van der Waals surface area contributed by atoms with E-state index in [0.717, 1.165) is 15.6 Å². The first kappa shape index (κ1) is 18.7. The molecule has 1 atom stereocenters. The Balaban J connectivity index is 1.56. The summed E-state index contributed by atoms with van der Waals surface area (Å²) >= 11 is 4.75. The lowest BCUT2D eigenvalue weighted by Crippen LogP contribution is -2.30. The van der Waals surface area contributed by atoms with Gasteiger partial charge in [0.2, 0.25) is 5.91 Å². The third-order valence-electron chi connectivity index (χ3n) is 3.83. The molecule has 1 N–H and O–H groups in total. The molecule has 2 aromatic carbocycles. The molecule has 1 amide bonds. The van der Waals surface area contributed by atoms with Crippen molar-refractivity contribution >= 4 is 33.6 Å². The van der Waals surface area contributed by atoms with Crippen LogP contribution in [0, 0.1) is 6.92 Å². The maximum Gasteiger partial charge on any atom is 0.256 e. The number of nitrogens with one attached hydrogen (secondary N) is 1. The highest BCUT2D eigenvalue weighted by molar-refractivity contribution is 9.10. The van der Waals surface area contributed by atoms with E-state index in [1.165, 1.54) is 17.3 Å². The number of aromatic nitrogens is 1. The van der Waals surface area contributed by atoms with Gasteiger partial charge in [-0.15, -0.1) is 0 Å². The summed E-state index contributed by atoms with van der Waals surface area (Å²) in [6.07, 6.45) is 1.68. The van der Waals surface area contributed by atoms with E-state index < -0.39 is 0 Å². The zero-order chi connectivity index (χ0) is 18.5. The van der Waals surface area contributed by atoms with Crippen molar-refractivity contribution in [3.63, 3.8) is 0 Å². The Labute approximate surface area is 165 Å². The first-order valence-corrected chi connectivity index (χ1v) is 9.90. The number of benzene rings is 2. The lowest BCUT2D eigenvalue weighted by Gasteiger charge is -2.10. The minimum absolute atomic E-state index is 0.0437. The molecule has 0 radical (unpaired) electrons. The lowest BCUT2D eigenvalue weighted by molar-refractivity contribution is -0.120. The van der Waals surface area contributed by atoms with E-state index in [-0.39, 0.29) is 11.2 Å². The topological polar surface area (TPSA) is 55.1 Å². The number of carbonyl (C=O) groups is 1. The first-order chi connectivity index (χ1) is 12.5. The summed E-state index contributed by atoms with van der Waals surface area (Å²) in [6, 6.07) is 15.9. The maximum atomic E-state index is 12.3. The fourth-order valence-corrected chi connectivity index (χ4v) is 3.47. The average Bonchev–Trinajstić information content (AvgIpc) is 3.09. The van der Waals surface area contributed by atoms with Crippen LogP contribution in [0.5, 0.6) is 0 Å². The van der Waals surface area contributed by atoms with E-state index in [2.05, 4.69) is 26.2 Å². The van der Waals surface area contributed by atoms with Crippen molar-refractivity contribution in [1.29, 1.82) is 0 Å². The van der Waals surface area contributed by atoms with Gasteiger partial charge in [-0.25, -0.2) is 4.98 Å². The second-order valence-electron chi connectivity index (χ2n) is 5.96. The van der Waals surface area contributed by atoms with E-state index in [9.17, 15) is 4.79 Å². The van der Waals surface area contributed by atoms with E-state index in [1.807, 2.05) is 62.4 Å². The summed E-state index contributed by atoms with van der Waals surface area (Å²) in [5, 5.41) is 3.14. The monoisotopic (exact) mass is 430 g/mol. The van der Waals surface area contributed by atoms with Gasteiger partial charge in [0.15, 0.2) is 5.76 Å². The number of thioether (sulfide) groups is 1. The number of nitrogens with zero attached hydrogens (tertiary/aromatic N) is 1. The van der Waals surface area contributed by atoms with Crippen LogP contribution in [-0.2, 0) is 11.3 Å². The Morgan fingerprint density at radius 3 is 2.77 bits per heavy atom. The predicted molar refractivity (Wildman–Crippen MR) is 108 cm³/mol. The molecule has 0 spiro atoms. The van der Waals surface area contributed by atoms with Gasteiger partial charge in [-0.2, -0.15) is 0 Å². The van der Waals surface area contributed by atoms with Gasteiger partial charge in [0, 0.05) is 16.6 Å². The van der Waals surface area contributed by atoms with Crippen LogP contribution >= 0.6 is 27.7 Å². The van der Waals surface area contributed by atoms with Crippen LogP contribution in [0.3, 0.4) is 0 Å². The minimum atomic E-state index is -0.297. The van der Waals surface area contributed by atoms with Crippen molar-refractivity contribution in [2.24, 2.45) is 0 Å². The second-order valence-corrected chi connectivity index (χ2v) is 8.17. The number of hydrogen-bond donors (Lipinski definition) is 1. The smallest absolute Gasteiger partial charge is 0.256 e.